The molecule has 0 aliphatic rings. The van der Waals surface area contributed by atoms with E-state index < -0.39 is 43.7 Å². The van der Waals surface area contributed by atoms with Gasteiger partial charge in [-0.2, -0.15) is 39.5 Å². The maximum absolute atomic E-state index is 13.5. The molecule has 0 rings (SSSR count). The molecule has 0 aliphatic heterocycles. The number of carbonyl (C=O) groups excluding carboxylic acids is 1. The van der Waals surface area contributed by atoms with E-state index in [1.165, 1.54) is 6.92 Å². The van der Waals surface area contributed by atoms with Crippen LogP contribution in [0, 0.1) is 0 Å². The van der Waals surface area contributed by atoms with Gasteiger partial charge in [-0.1, -0.05) is 13.0 Å². The zero-order valence-corrected chi connectivity index (χ0v) is 14.0. The predicted octanol–water partition coefficient (Wildman–Crippen LogP) is 3.49. The molecule has 0 aromatic carbocycles. The first kappa shape index (κ1) is 24.5. The molecule has 0 N–H and O–H groups in total. The molecule has 0 spiro atoms. The van der Waals surface area contributed by atoms with Crippen LogP contribution in [0.25, 0.3) is 0 Å². The van der Waals surface area contributed by atoms with Gasteiger partial charge in [0.15, 0.2) is 0 Å². The molecule has 0 aromatic rings. The van der Waals surface area contributed by atoms with Gasteiger partial charge in [0.2, 0.25) is 0 Å². The molecule has 0 aliphatic carbocycles. The van der Waals surface area contributed by atoms with E-state index in [2.05, 4.69) is 4.84 Å². The third-order valence-electron chi connectivity index (χ3n) is 2.82. The highest BCUT2D eigenvalue weighted by Crippen LogP contribution is 2.55. The molecular formula is C11H12F9NO4S. The van der Waals surface area contributed by atoms with Gasteiger partial charge < -0.3 is 4.84 Å². The topological polar surface area (TPSA) is 63.7 Å². The highest BCUT2D eigenvalue weighted by atomic mass is 32.2. The quantitative estimate of drug-likeness (QED) is 0.356. The predicted molar refractivity (Wildman–Crippen MR) is 67.7 cm³/mol. The molecule has 0 radical (unpaired) electrons. The van der Waals surface area contributed by atoms with Crippen LogP contribution in [0.2, 0.25) is 0 Å². The zero-order valence-electron chi connectivity index (χ0n) is 13.2. The molecule has 26 heavy (non-hydrogen) atoms. The number of halogens is 9. The third kappa shape index (κ3) is 3.92. The first-order chi connectivity index (χ1) is 11.3. The average molecular weight is 425 g/mol. The Balaban J connectivity index is 5.97. The van der Waals surface area contributed by atoms with Gasteiger partial charge in [0.1, 0.15) is 0 Å². The van der Waals surface area contributed by atoms with E-state index >= 15 is 0 Å². The van der Waals surface area contributed by atoms with E-state index in [0.717, 1.165) is 13.0 Å². The number of rotatable bonds is 7. The lowest BCUT2D eigenvalue weighted by Crippen LogP contribution is -2.65. The number of hydroxylamine groups is 1. The summed E-state index contributed by atoms with van der Waals surface area (Å²) in [6, 6.07) is 0. The van der Waals surface area contributed by atoms with Gasteiger partial charge in [0.25, 0.3) is 0 Å². The maximum atomic E-state index is 13.5. The molecule has 0 saturated carbocycles. The fraction of sp³-hybridized carbons (Fsp3) is 0.727. The van der Waals surface area contributed by atoms with Crippen LogP contribution in [0.5, 0.6) is 0 Å². The number of sulfonamides is 1. The van der Waals surface area contributed by atoms with Gasteiger partial charge in [-0.25, -0.2) is 13.2 Å². The Morgan fingerprint density at radius 1 is 1.00 bits per heavy atom. The summed E-state index contributed by atoms with van der Waals surface area (Å²) >= 11 is 0. The summed E-state index contributed by atoms with van der Waals surface area (Å²) in [6.07, 6.45) is -5.90. The highest BCUT2D eigenvalue weighted by molar-refractivity contribution is 7.90. The van der Waals surface area contributed by atoms with E-state index in [9.17, 15) is 52.7 Å². The molecule has 0 aromatic heterocycles. The van der Waals surface area contributed by atoms with Crippen molar-refractivity contribution in [1.82, 2.24) is 4.47 Å². The number of hydrogen-bond donors (Lipinski definition) is 0. The fourth-order valence-corrected chi connectivity index (χ4v) is 2.25. The van der Waals surface area contributed by atoms with Crippen LogP contribution < -0.4 is 0 Å². The lowest BCUT2D eigenvalue weighted by atomic mass is 10.1. The van der Waals surface area contributed by atoms with E-state index in [4.69, 9.17) is 0 Å². The van der Waals surface area contributed by atoms with Crippen LogP contribution >= 0.6 is 0 Å². The number of nitrogens with zero attached hydrogens (tertiary/aromatic N) is 1. The standard InChI is InChI=1S/C11H12F9NO4S/c1-4-5-6(2)7(22)25-21(3)26(23,24)11(19,20)9(14,15)8(12,13)10(16,17)18/h5H,4H2,1-3H3. The van der Waals surface area contributed by atoms with E-state index in [1.807, 2.05) is 0 Å². The van der Waals surface area contributed by atoms with Gasteiger partial charge in [-0.15, -0.1) is 0 Å². The Morgan fingerprint density at radius 3 is 1.77 bits per heavy atom. The van der Waals surface area contributed by atoms with Crippen LogP contribution in [0.3, 0.4) is 0 Å². The van der Waals surface area contributed by atoms with E-state index in [-0.39, 0.29) is 19.0 Å². The van der Waals surface area contributed by atoms with Crippen molar-refractivity contribution in [3.63, 3.8) is 0 Å². The summed E-state index contributed by atoms with van der Waals surface area (Å²) in [7, 11) is -7.04. The van der Waals surface area contributed by atoms with E-state index in [0.29, 0.717) is 0 Å². The van der Waals surface area contributed by atoms with Crippen LogP contribution in [-0.4, -0.2) is 49.2 Å². The number of allylic oxidation sites excluding steroid dienone is 1. The van der Waals surface area contributed by atoms with Crippen LogP contribution in [0.1, 0.15) is 20.3 Å². The Labute approximate surface area is 141 Å². The number of hydrogen-bond acceptors (Lipinski definition) is 4. The largest absolute Gasteiger partial charge is 0.460 e. The Kier molecular flexibility index (Phi) is 6.83. The molecule has 0 atom stereocenters. The molecule has 0 bridgehead atoms. The molecule has 0 heterocycles. The lowest BCUT2D eigenvalue weighted by Gasteiger charge is -2.34. The first-order valence-corrected chi connectivity index (χ1v) is 7.80. The van der Waals surface area contributed by atoms with Crippen LogP contribution in [-0.2, 0) is 19.7 Å². The van der Waals surface area contributed by atoms with Gasteiger partial charge in [-0.3, -0.25) is 0 Å². The Morgan fingerprint density at radius 2 is 1.42 bits per heavy atom. The van der Waals surface area contributed by atoms with Gasteiger partial charge in [0.05, 0.1) is 0 Å². The first-order valence-electron chi connectivity index (χ1n) is 6.36. The summed E-state index contributed by atoms with van der Waals surface area (Å²) in [5.41, 5.74) is -0.370. The van der Waals surface area contributed by atoms with Crippen LogP contribution in [0.4, 0.5) is 39.5 Å². The minimum absolute atomic E-state index is 0.0534. The van der Waals surface area contributed by atoms with Crippen molar-refractivity contribution in [3.8, 4) is 0 Å². The second kappa shape index (κ2) is 7.25. The molecule has 0 amide bonds. The minimum atomic E-state index is -7.41. The summed E-state index contributed by atoms with van der Waals surface area (Å²) in [6.45, 7) is 2.50. The average Bonchev–Trinajstić information content (AvgIpc) is 2.45. The van der Waals surface area contributed by atoms with Crippen molar-refractivity contribution in [2.24, 2.45) is 0 Å². The Bertz CT molecular complexity index is 670. The van der Waals surface area contributed by atoms with E-state index in [1.54, 1.807) is 0 Å². The molecular weight excluding hydrogens is 413 g/mol. The van der Waals surface area contributed by atoms with Crippen molar-refractivity contribution in [2.45, 2.75) is 43.5 Å². The summed E-state index contributed by atoms with van der Waals surface area (Å²) in [4.78, 5) is 15.2. The molecule has 15 heteroatoms. The monoisotopic (exact) mass is 425 g/mol. The zero-order chi connectivity index (χ0) is 21.4. The minimum Gasteiger partial charge on any atom is -0.349 e. The third-order valence-corrected chi connectivity index (χ3v) is 4.48. The number of carbonyl (C=O) groups is 1. The number of alkyl halides is 9. The fourth-order valence-electron chi connectivity index (χ4n) is 1.31. The summed E-state index contributed by atoms with van der Waals surface area (Å²) < 4.78 is 136. The second-order valence-corrected chi connectivity index (χ2v) is 6.73. The normalized spacial score (nSPS) is 15.3. The summed E-state index contributed by atoms with van der Waals surface area (Å²) in [5.74, 6) is -16.5. The maximum Gasteiger partial charge on any atom is 0.460 e. The van der Waals surface area contributed by atoms with Crippen molar-refractivity contribution in [3.05, 3.63) is 11.6 Å². The van der Waals surface area contributed by atoms with Crippen molar-refractivity contribution in [1.29, 1.82) is 0 Å². The van der Waals surface area contributed by atoms with Gasteiger partial charge in [-0.05, 0) is 17.8 Å². The molecule has 154 valence electrons. The lowest BCUT2D eigenvalue weighted by molar-refractivity contribution is -0.382. The molecule has 0 unspecified atom stereocenters. The highest BCUT2D eigenvalue weighted by Gasteiger charge is 2.86. The van der Waals surface area contributed by atoms with Gasteiger partial charge in [0, 0.05) is 12.6 Å². The smallest absolute Gasteiger partial charge is 0.349 e. The van der Waals surface area contributed by atoms with Crippen molar-refractivity contribution >= 4 is 16.0 Å². The van der Waals surface area contributed by atoms with Crippen molar-refractivity contribution in [2.75, 3.05) is 7.05 Å². The van der Waals surface area contributed by atoms with Crippen molar-refractivity contribution < 1.29 is 57.6 Å². The summed E-state index contributed by atoms with van der Waals surface area (Å²) in [5, 5.41) is -6.98. The Hall–Kier alpha value is -1.51. The SMILES string of the molecule is CCC=C(C)C(=O)ON(C)S(=O)(=O)C(F)(F)C(F)(F)C(F)(F)C(F)(F)F. The molecule has 0 fully saturated rings. The molecule has 5 nitrogen and oxygen atoms in total. The van der Waals surface area contributed by atoms with Crippen LogP contribution in [0.15, 0.2) is 11.6 Å². The van der Waals surface area contributed by atoms with Gasteiger partial charge >= 0.3 is 39.3 Å². The second-order valence-electron chi connectivity index (χ2n) is 4.75. The molecule has 0 saturated heterocycles.